The number of hydrogen-bond donors (Lipinski definition) is 1. The molecule has 24 heavy (non-hydrogen) atoms. The van der Waals surface area contributed by atoms with E-state index in [1.807, 2.05) is 56.3 Å². The number of ether oxygens (including phenoxy) is 1. The fourth-order valence-electron chi connectivity index (χ4n) is 2.36. The van der Waals surface area contributed by atoms with Crippen LogP contribution in [0.4, 0.5) is 5.69 Å². The van der Waals surface area contributed by atoms with E-state index in [0.29, 0.717) is 24.3 Å². The van der Waals surface area contributed by atoms with Crippen molar-refractivity contribution in [1.29, 1.82) is 5.26 Å². The van der Waals surface area contributed by atoms with Crippen molar-refractivity contribution < 1.29 is 9.53 Å². The van der Waals surface area contributed by atoms with E-state index in [1.54, 1.807) is 12.1 Å². The van der Waals surface area contributed by atoms with Gasteiger partial charge in [0, 0.05) is 0 Å². The summed E-state index contributed by atoms with van der Waals surface area (Å²) in [5, 5.41) is 12.1. The van der Waals surface area contributed by atoms with Gasteiger partial charge in [-0.2, -0.15) is 5.26 Å². The van der Waals surface area contributed by atoms with Gasteiger partial charge in [0.25, 0.3) is 0 Å². The van der Waals surface area contributed by atoms with Gasteiger partial charge in [-0.3, -0.25) is 4.79 Å². The minimum atomic E-state index is -0.697. The first-order valence-corrected chi connectivity index (χ1v) is 8.10. The Bertz CT molecular complexity index is 705. The van der Waals surface area contributed by atoms with Gasteiger partial charge in [0.05, 0.1) is 17.9 Å². The molecule has 0 spiro atoms. The second-order valence-corrected chi connectivity index (χ2v) is 5.86. The molecule has 0 bridgehead atoms. The third-order valence-electron chi connectivity index (χ3n) is 3.54. The molecule has 1 N–H and O–H groups in total. The molecule has 0 aromatic heterocycles. The molecule has 0 aliphatic rings. The van der Waals surface area contributed by atoms with Crippen LogP contribution >= 0.6 is 0 Å². The van der Waals surface area contributed by atoms with Gasteiger partial charge < -0.3 is 10.1 Å². The number of benzene rings is 2. The number of anilines is 1. The number of nitriles is 1. The molecule has 4 nitrogen and oxygen atoms in total. The molecule has 0 saturated heterocycles. The Morgan fingerprint density at radius 2 is 1.79 bits per heavy atom. The summed E-state index contributed by atoms with van der Waals surface area (Å²) < 4.78 is 5.69. The summed E-state index contributed by atoms with van der Waals surface area (Å²) in [4.78, 5) is 12.4. The van der Waals surface area contributed by atoms with Gasteiger partial charge in [-0.15, -0.1) is 0 Å². The number of aryl methyl sites for hydroxylation is 1. The second kappa shape index (κ2) is 8.73. The third kappa shape index (κ3) is 5.13. The standard InChI is InChI=1S/C20H22N2O2/c1-15(2)24-19-11-7-6-10-18(19)22-20(23)17(14-21)13-12-16-8-4-3-5-9-16/h3-11,15,17H,12-13H2,1-2H3,(H,22,23)/t17-/m0/s1. The molecule has 1 atom stereocenters. The lowest BCUT2D eigenvalue weighted by molar-refractivity contribution is -0.118. The molecule has 2 aromatic rings. The molecular formula is C20H22N2O2. The first-order chi connectivity index (χ1) is 11.6. The van der Waals surface area contributed by atoms with Crippen LogP contribution in [0.1, 0.15) is 25.8 Å². The minimum absolute atomic E-state index is 0.00731. The zero-order valence-electron chi connectivity index (χ0n) is 14.0. The molecule has 124 valence electrons. The lowest BCUT2D eigenvalue weighted by Gasteiger charge is -2.16. The number of nitrogens with zero attached hydrogens (tertiary/aromatic N) is 1. The lowest BCUT2D eigenvalue weighted by atomic mass is 10.00. The van der Waals surface area contributed by atoms with Gasteiger partial charge in [0.15, 0.2) is 0 Å². The third-order valence-corrected chi connectivity index (χ3v) is 3.54. The number of rotatable bonds is 7. The Labute approximate surface area is 143 Å². The van der Waals surface area contributed by atoms with Crippen molar-refractivity contribution in [2.24, 2.45) is 5.92 Å². The smallest absolute Gasteiger partial charge is 0.241 e. The molecule has 0 aliphatic carbocycles. The van der Waals surface area contributed by atoms with E-state index in [2.05, 4.69) is 11.4 Å². The molecule has 2 rings (SSSR count). The maximum Gasteiger partial charge on any atom is 0.241 e. The van der Waals surface area contributed by atoms with E-state index in [0.717, 1.165) is 5.56 Å². The topological polar surface area (TPSA) is 62.1 Å². The highest BCUT2D eigenvalue weighted by atomic mass is 16.5. The highest BCUT2D eigenvalue weighted by Gasteiger charge is 2.19. The number of hydrogen-bond acceptors (Lipinski definition) is 3. The zero-order valence-corrected chi connectivity index (χ0v) is 14.0. The van der Waals surface area contributed by atoms with Crippen LogP contribution in [-0.2, 0) is 11.2 Å². The van der Waals surface area contributed by atoms with Crippen LogP contribution < -0.4 is 10.1 Å². The van der Waals surface area contributed by atoms with Crippen molar-refractivity contribution in [1.82, 2.24) is 0 Å². The summed E-state index contributed by atoms with van der Waals surface area (Å²) >= 11 is 0. The highest BCUT2D eigenvalue weighted by molar-refractivity contribution is 5.95. The van der Waals surface area contributed by atoms with Crippen molar-refractivity contribution in [3.63, 3.8) is 0 Å². The molecule has 0 heterocycles. The summed E-state index contributed by atoms with van der Waals surface area (Å²) in [5.74, 6) is -0.383. The monoisotopic (exact) mass is 322 g/mol. The SMILES string of the molecule is CC(C)Oc1ccccc1NC(=O)[C@H](C#N)CCc1ccccc1. The molecular weight excluding hydrogens is 300 g/mol. The van der Waals surface area contributed by atoms with Crippen LogP contribution in [0.15, 0.2) is 54.6 Å². The van der Waals surface area contributed by atoms with E-state index in [9.17, 15) is 10.1 Å². The largest absolute Gasteiger partial charge is 0.489 e. The molecule has 4 heteroatoms. The summed E-state index contributed by atoms with van der Waals surface area (Å²) in [7, 11) is 0. The van der Waals surface area contributed by atoms with Crippen molar-refractivity contribution in [2.75, 3.05) is 5.32 Å². The average Bonchev–Trinajstić information content (AvgIpc) is 2.58. The van der Waals surface area contributed by atoms with Crippen molar-refractivity contribution >= 4 is 11.6 Å². The first-order valence-electron chi connectivity index (χ1n) is 8.10. The summed E-state index contributed by atoms with van der Waals surface area (Å²) in [6.45, 7) is 3.85. The number of carbonyl (C=O) groups is 1. The van der Waals surface area contributed by atoms with Crippen LogP contribution in [0.5, 0.6) is 5.75 Å². The van der Waals surface area contributed by atoms with Gasteiger partial charge in [0.1, 0.15) is 11.7 Å². The van der Waals surface area contributed by atoms with Gasteiger partial charge >= 0.3 is 0 Å². The average molecular weight is 322 g/mol. The summed E-state index contributed by atoms with van der Waals surface area (Å²) in [6, 6.07) is 19.2. The Hall–Kier alpha value is -2.80. The molecule has 2 aromatic carbocycles. The van der Waals surface area contributed by atoms with E-state index in [-0.39, 0.29) is 12.0 Å². The zero-order chi connectivity index (χ0) is 17.4. The Balaban J connectivity index is 2.01. The number of nitrogens with one attached hydrogen (secondary N) is 1. The van der Waals surface area contributed by atoms with Crippen molar-refractivity contribution in [3.8, 4) is 11.8 Å². The molecule has 1 amide bonds. The molecule has 0 saturated carbocycles. The maximum atomic E-state index is 12.4. The summed E-state index contributed by atoms with van der Waals surface area (Å²) in [6.07, 6.45) is 1.18. The van der Waals surface area contributed by atoms with Gasteiger partial charge in [0.2, 0.25) is 5.91 Å². The fraction of sp³-hybridized carbons (Fsp3) is 0.300. The number of amides is 1. The van der Waals surface area contributed by atoms with Gasteiger partial charge in [-0.05, 0) is 44.4 Å². The van der Waals surface area contributed by atoms with Crippen LogP contribution in [0.2, 0.25) is 0 Å². The molecule has 0 fully saturated rings. The highest BCUT2D eigenvalue weighted by Crippen LogP contribution is 2.25. The molecule has 0 unspecified atom stereocenters. The van der Waals surface area contributed by atoms with Crippen LogP contribution in [0.3, 0.4) is 0 Å². The van der Waals surface area contributed by atoms with Crippen LogP contribution in [0, 0.1) is 17.2 Å². The van der Waals surface area contributed by atoms with Gasteiger partial charge in [-0.1, -0.05) is 42.5 Å². The lowest BCUT2D eigenvalue weighted by Crippen LogP contribution is -2.23. The Kier molecular flexibility index (Phi) is 6.39. The molecule has 0 aliphatic heterocycles. The predicted octanol–water partition coefficient (Wildman–Crippen LogP) is 4.18. The number of para-hydroxylation sites is 2. The van der Waals surface area contributed by atoms with E-state index in [1.165, 1.54) is 0 Å². The fourth-order valence-corrected chi connectivity index (χ4v) is 2.36. The molecule has 0 radical (unpaired) electrons. The maximum absolute atomic E-state index is 12.4. The van der Waals surface area contributed by atoms with Crippen molar-refractivity contribution in [3.05, 3.63) is 60.2 Å². The van der Waals surface area contributed by atoms with E-state index >= 15 is 0 Å². The van der Waals surface area contributed by atoms with E-state index < -0.39 is 5.92 Å². The quantitative estimate of drug-likeness (QED) is 0.831. The normalized spacial score (nSPS) is 11.6. The second-order valence-electron chi connectivity index (χ2n) is 5.86. The predicted molar refractivity (Wildman–Crippen MR) is 94.7 cm³/mol. The number of carbonyl (C=O) groups excluding carboxylic acids is 1. The Morgan fingerprint density at radius 3 is 2.46 bits per heavy atom. The van der Waals surface area contributed by atoms with Gasteiger partial charge in [-0.25, -0.2) is 0 Å². The van der Waals surface area contributed by atoms with Crippen molar-refractivity contribution in [2.45, 2.75) is 32.8 Å². The Morgan fingerprint density at radius 1 is 1.12 bits per heavy atom. The van der Waals surface area contributed by atoms with Crippen LogP contribution in [-0.4, -0.2) is 12.0 Å². The summed E-state index contributed by atoms with van der Waals surface area (Å²) in [5.41, 5.74) is 1.71. The van der Waals surface area contributed by atoms with Crippen LogP contribution in [0.25, 0.3) is 0 Å². The van der Waals surface area contributed by atoms with E-state index in [4.69, 9.17) is 4.74 Å². The first kappa shape index (κ1) is 17.6. The minimum Gasteiger partial charge on any atom is -0.489 e.